The van der Waals surface area contributed by atoms with E-state index in [-0.39, 0.29) is 22.6 Å². The summed E-state index contributed by atoms with van der Waals surface area (Å²) in [6.45, 7) is 0.749. The van der Waals surface area contributed by atoms with Gasteiger partial charge in [0.2, 0.25) is 20.0 Å². The van der Waals surface area contributed by atoms with Gasteiger partial charge in [-0.05, 0) is 31.0 Å². The monoisotopic (exact) mass is 354 g/mol. The highest BCUT2D eigenvalue weighted by atomic mass is 35.5. The van der Waals surface area contributed by atoms with Gasteiger partial charge >= 0.3 is 0 Å². The maximum absolute atomic E-state index is 12.1. The first-order valence-electron chi connectivity index (χ1n) is 6.14. The molecule has 0 aliphatic carbocycles. The van der Waals surface area contributed by atoms with Crippen molar-refractivity contribution in [2.75, 3.05) is 13.2 Å². The maximum atomic E-state index is 12.1. The molecule has 118 valence electrons. The average molecular weight is 355 g/mol. The molecule has 0 spiro atoms. The lowest BCUT2D eigenvalue weighted by atomic mass is 10.2. The minimum Gasteiger partial charge on any atom is -0.377 e. The quantitative estimate of drug-likeness (QED) is 0.796. The molecule has 10 heteroatoms. The standard InChI is InChI=1S/C11H15ClN2O5S2/c12-10-4-3-9(6-11(10)20(13,15)16)21(17,18)14-7-8-2-1-5-19-8/h3-4,6,8,14H,1-2,5,7H2,(H2,13,15,16). The van der Waals surface area contributed by atoms with Gasteiger partial charge in [0.05, 0.1) is 16.0 Å². The fraction of sp³-hybridized carbons (Fsp3) is 0.455. The number of nitrogens with two attached hydrogens (primary N) is 1. The molecule has 1 aromatic rings. The van der Waals surface area contributed by atoms with E-state index < -0.39 is 24.9 Å². The Labute approximate surface area is 128 Å². The molecule has 3 N–H and O–H groups in total. The van der Waals surface area contributed by atoms with Gasteiger partial charge in [-0.2, -0.15) is 0 Å². The highest BCUT2D eigenvalue weighted by molar-refractivity contribution is 7.90. The molecule has 1 fully saturated rings. The van der Waals surface area contributed by atoms with Crippen molar-refractivity contribution in [1.29, 1.82) is 0 Å². The zero-order chi connectivity index (χ0) is 15.7. The highest BCUT2D eigenvalue weighted by Crippen LogP contribution is 2.23. The molecule has 1 aliphatic heterocycles. The molecular weight excluding hydrogens is 340 g/mol. The summed E-state index contributed by atoms with van der Waals surface area (Å²) in [5.74, 6) is 0. The van der Waals surface area contributed by atoms with E-state index in [1.165, 1.54) is 12.1 Å². The summed E-state index contributed by atoms with van der Waals surface area (Å²) in [6, 6.07) is 3.34. The van der Waals surface area contributed by atoms with Crippen molar-refractivity contribution in [2.24, 2.45) is 5.14 Å². The van der Waals surface area contributed by atoms with Crippen LogP contribution in [0.5, 0.6) is 0 Å². The lowest BCUT2D eigenvalue weighted by Gasteiger charge is -2.12. The Hall–Kier alpha value is -0.710. The second-order valence-electron chi connectivity index (χ2n) is 4.62. The first-order chi connectivity index (χ1) is 9.70. The maximum Gasteiger partial charge on any atom is 0.240 e. The summed E-state index contributed by atoms with van der Waals surface area (Å²) in [5, 5.41) is 4.87. The van der Waals surface area contributed by atoms with Crippen molar-refractivity contribution < 1.29 is 21.6 Å². The van der Waals surface area contributed by atoms with Crippen molar-refractivity contribution in [2.45, 2.75) is 28.7 Å². The van der Waals surface area contributed by atoms with E-state index in [1.807, 2.05) is 0 Å². The Kier molecular flexibility index (Phi) is 4.91. The number of nitrogens with one attached hydrogen (secondary N) is 1. The SMILES string of the molecule is NS(=O)(=O)c1cc(S(=O)(=O)NCC2CCCO2)ccc1Cl. The van der Waals surface area contributed by atoms with E-state index in [0.29, 0.717) is 6.61 Å². The van der Waals surface area contributed by atoms with Crippen LogP contribution in [0.4, 0.5) is 0 Å². The summed E-state index contributed by atoms with van der Waals surface area (Å²) in [7, 11) is -7.95. The predicted octanol–water partition coefficient (Wildman–Crippen LogP) is 0.445. The molecule has 1 aromatic carbocycles. The van der Waals surface area contributed by atoms with Gasteiger partial charge in [-0.1, -0.05) is 11.6 Å². The molecule has 1 saturated heterocycles. The Bertz CT molecular complexity index is 727. The Balaban J connectivity index is 2.23. The lowest BCUT2D eigenvalue weighted by molar-refractivity contribution is 0.114. The summed E-state index contributed by atoms with van der Waals surface area (Å²) >= 11 is 5.72. The number of rotatable bonds is 5. The Morgan fingerprint density at radius 3 is 2.62 bits per heavy atom. The van der Waals surface area contributed by atoms with E-state index in [9.17, 15) is 16.8 Å². The molecule has 1 aliphatic rings. The fourth-order valence-corrected chi connectivity index (χ4v) is 4.20. The molecule has 1 unspecified atom stereocenters. The molecule has 0 amide bonds. The number of primary sulfonamides is 1. The van der Waals surface area contributed by atoms with Gasteiger partial charge in [0, 0.05) is 13.2 Å². The largest absolute Gasteiger partial charge is 0.377 e. The predicted molar refractivity (Wildman–Crippen MR) is 77.0 cm³/mol. The van der Waals surface area contributed by atoms with E-state index >= 15 is 0 Å². The van der Waals surface area contributed by atoms with Crippen LogP contribution in [0.2, 0.25) is 5.02 Å². The topological polar surface area (TPSA) is 116 Å². The number of halogens is 1. The lowest BCUT2D eigenvalue weighted by Crippen LogP contribution is -2.32. The van der Waals surface area contributed by atoms with Crippen LogP contribution >= 0.6 is 11.6 Å². The van der Waals surface area contributed by atoms with E-state index in [0.717, 1.165) is 18.9 Å². The van der Waals surface area contributed by atoms with Crippen LogP contribution in [-0.2, 0) is 24.8 Å². The third kappa shape index (κ3) is 4.15. The van der Waals surface area contributed by atoms with Gasteiger partial charge in [0.15, 0.2) is 0 Å². The minimum atomic E-state index is -4.10. The summed E-state index contributed by atoms with van der Waals surface area (Å²) in [5.41, 5.74) is 0. The molecule has 0 radical (unpaired) electrons. The van der Waals surface area contributed by atoms with Crippen LogP contribution in [0, 0.1) is 0 Å². The van der Waals surface area contributed by atoms with E-state index in [1.54, 1.807) is 0 Å². The third-order valence-corrected chi connectivity index (χ3v) is 5.86. The zero-order valence-corrected chi connectivity index (χ0v) is 13.3. The number of hydrogen-bond donors (Lipinski definition) is 2. The Morgan fingerprint density at radius 1 is 1.33 bits per heavy atom. The minimum absolute atomic E-state index is 0.129. The second-order valence-corrected chi connectivity index (χ2v) is 8.33. The summed E-state index contributed by atoms with van der Waals surface area (Å²) in [4.78, 5) is -0.641. The van der Waals surface area contributed by atoms with Crippen LogP contribution < -0.4 is 9.86 Å². The van der Waals surface area contributed by atoms with E-state index in [4.69, 9.17) is 21.5 Å². The average Bonchev–Trinajstić information content (AvgIpc) is 2.88. The van der Waals surface area contributed by atoms with Crippen molar-refractivity contribution >= 4 is 31.6 Å². The molecule has 0 aromatic heterocycles. The summed E-state index contributed by atoms with van der Waals surface area (Å²) in [6.07, 6.45) is 1.51. The van der Waals surface area contributed by atoms with Gasteiger partial charge in [-0.15, -0.1) is 0 Å². The smallest absolute Gasteiger partial charge is 0.240 e. The van der Waals surface area contributed by atoms with Gasteiger partial charge in [0.25, 0.3) is 0 Å². The van der Waals surface area contributed by atoms with Gasteiger partial charge in [-0.25, -0.2) is 26.7 Å². The van der Waals surface area contributed by atoms with Crippen molar-refractivity contribution in [1.82, 2.24) is 4.72 Å². The van der Waals surface area contributed by atoms with Gasteiger partial charge < -0.3 is 4.74 Å². The fourth-order valence-electron chi connectivity index (χ4n) is 1.96. The second kappa shape index (κ2) is 6.19. The normalized spacial score (nSPS) is 19.8. The van der Waals surface area contributed by atoms with Crippen LogP contribution in [0.15, 0.2) is 28.0 Å². The van der Waals surface area contributed by atoms with Crippen molar-refractivity contribution in [3.63, 3.8) is 0 Å². The molecule has 21 heavy (non-hydrogen) atoms. The zero-order valence-electron chi connectivity index (χ0n) is 11.0. The number of sulfonamides is 2. The van der Waals surface area contributed by atoms with Gasteiger partial charge in [-0.3, -0.25) is 0 Å². The molecule has 1 atom stereocenters. The van der Waals surface area contributed by atoms with Crippen LogP contribution in [-0.4, -0.2) is 36.1 Å². The third-order valence-electron chi connectivity index (χ3n) is 3.04. The van der Waals surface area contributed by atoms with Crippen LogP contribution in [0.1, 0.15) is 12.8 Å². The summed E-state index contributed by atoms with van der Waals surface area (Å²) < 4.78 is 54.7. The molecule has 7 nitrogen and oxygen atoms in total. The van der Waals surface area contributed by atoms with Crippen molar-refractivity contribution in [3.05, 3.63) is 23.2 Å². The molecule has 0 saturated carbocycles. The molecule has 0 bridgehead atoms. The van der Waals surface area contributed by atoms with Gasteiger partial charge in [0.1, 0.15) is 4.90 Å². The number of ether oxygens (including phenoxy) is 1. The molecular formula is C11H15ClN2O5S2. The highest BCUT2D eigenvalue weighted by Gasteiger charge is 2.22. The molecule has 1 heterocycles. The first-order valence-corrected chi connectivity index (χ1v) is 9.54. The van der Waals surface area contributed by atoms with E-state index in [2.05, 4.69) is 4.72 Å². The Morgan fingerprint density at radius 2 is 2.05 bits per heavy atom. The number of hydrogen-bond acceptors (Lipinski definition) is 5. The molecule has 2 rings (SSSR count). The van der Waals surface area contributed by atoms with Crippen molar-refractivity contribution in [3.8, 4) is 0 Å². The number of benzene rings is 1. The van der Waals surface area contributed by atoms with Crippen LogP contribution in [0.25, 0.3) is 0 Å². The van der Waals surface area contributed by atoms with Crippen LogP contribution in [0.3, 0.4) is 0 Å². The first kappa shape index (κ1) is 16.7.